The van der Waals surface area contributed by atoms with Crippen molar-refractivity contribution < 1.29 is 5.11 Å². The fraction of sp³-hybridized carbons (Fsp3) is 0.500. The van der Waals surface area contributed by atoms with E-state index in [2.05, 4.69) is 35.4 Å². The molecule has 15 heavy (non-hydrogen) atoms. The number of rotatable bonds is 5. The van der Waals surface area contributed by atoms with Crippen LogP contribution in [-0.2, 0) is 6.54 Å². The van der Waals surface area contributed by atoms with Gasteiger partial charge >= 0.3 is 0 Å². The van der Waals surface area contributed by atoms with E-state index in [0.717, 1.165) is 6.54 Å². The molecule has 1 atom stereocenters. The van der Waals surface area contributed by atoms with Crippen LogP contribution in [0.25, 0.3) is 0 Å². The maximum atomic E-state index is 9.02. The Balaban J connectivity index is 2.57. The molecule has 1 aromatic rings. The first-order valence-electron chi connectivity index (χ1n) is 5.11. The quantitative estimate of drug-likeness (QED) is 0.777. The van der Waals surface area contributed by atoms with Crippen molar-refractivity contribution in [1.29, 1.82) is 0 Å². The van der Waals surface area contributed by atoms with Crippen LogP contribution in [0, 0.1) is 0 Å². The SMILES string of the molecule is CSc1ccc(CN(C)C(C)CO)cc1. The number of hydrogen-bond acceptors (Lipinski definition) is 3. The minimum atomic E-state index is 0.208. The Hall–Kier alpha value is -0.510. The summed E-state index contributed by atoms with van der Waals surface area (Å²) >= 11 is 1.75. The molecule has 1 rings (SSSR count). The predicted octanol–water partition coefficient (Wildman–Crippen LogP) is 2.22. The lowest BCUT2D eigenvalue weighted by atomic mass is 10.2. The van der Waals surface area contributed by atoms with Gasteiger partial charge in [0.25, 0.3) is 0 Å². The lowest BCUT2D eigenvalue weighted by Gasteiger charge is -2.22. The molecule has 0 aliphatic carbocycles. The Bertz CT molecular complexity index is 286. The highest BCUT2D eigenvalue weighted by Crippen LogP contribution is 2.15. The monoisotopic (exact) mass is 225 g/mol. The van der Waals surface area contributed by atoms with Crippen LogP contribution in [0.2, 0.25) is 0 Å². The van der Waals surface area contributed by atoms with Crippen molar-refractivity contribution in [2.45, 2.75) is 24.4 Å². The first-order chi connectivity index (χ1) is 7.17. The molecule has 0 bridgehead atoms. The molecule has 0 saturated carbocycles. The van der Waals surface area contributed by atoms with Gasteiger partial charge in [0.1, 0.15) is 0 Å². The van der Waals surface area contributed by atoms with Crippen LogP contribution in [0.5, 0.6) is 0 Å². The van der Waals surface area contributed by atoms with E-state index in [1.807, 2.05) is 14.0 Å². The van der Waals surface area contributed by atoms with E-state index in [1.54, 1.807) is 11.8 Å². The fourth-order valence-electron chi connectivity index (χ4n) is 1.31. The fourth-order valence-corrected chi connectivity index (χ4v) is 1.72. The van der Waals surface area contributed by atoms with E-state index < -0.39 is 0 Å². The second kappa shape index (κ2) is 6.16. The Morgan fingerprint density at radius 1 is 1.33 bits per heavy atom. The number of likely N-dealkylation sites (N-methyl/N-ethyl adjacent to an activating group) is 1. The van der Waals surface area contributed by atoms with E-state index in [9.17, 15) is 0 Å². The molecule has 0 aromatic heterocycles. The van der Waals surface area contributed by atoms with E-state index in [-0.39, 0.29) is 12.6 Å². The number of hydrogen-bond donors (Lipinski definition) is 1. The van der Waals surface area contributed by atoms with Gasteiger partial charge in [-0.2, -0.15) is 0 Å². The van der Waals surface area contributed by atoms with Gasteiger partial charge in [0.15, 0.2) is 0 Å². The minimum Gasteiger partial charge on any atom is -0.395 e. The third kappa shape index (κ3) is 3.86. The van der Waals surface area contributed by atoms with Crippen molar-refractivity contribution in [3.05, 3.63) is 29.8 Å². The van der Waals surface area contributed by atoms with E-state index >= 15 is 0 Å². The highest BCUT2D eigenvalue weighted by atomic mass is 32.2. The second-order valence-corrected chi connectivity index (χ2v) is 4.67. The summed E-state index contributed by atoms with van der Waals surface area (Å²) in [6.45, 7) is 3.12. The molecule has 0 saturated heterocycles. The average Bonchev–Trinajstić information content (AvgIpc) is 2.29. The molecule has 0 fully saturated rings. The van der Waals surface area contributed by atoms with Gasteiger partial charge in [-0.3, -0.25) is 4.90 Å². The molecular formula is C12H19NOS. The molecule has 0 aliphatic heterocycles. The lowest BCUT2D eigenvalue weighted by Crippen LogP contribution is -2.31. The van der Waals surface area contributed by atoms with Gasteiger partial charge in [-0.15, -0.1) is 11.8 Å². The number of benzene rings is 1. The first-order valence-corrected chi connectivity index (χ1v) is 6.34. The summed E-state index contributed by atoms with van der Waals surface area (Å²) in [5.74, 6) is 0. The van der Waals surface area contributed by atoms with E-state index in [1.165, 1.54) is 10.5 Å². The summed E-state index contributed by atoms with van der Waals surface area (Å²) in [5.41, 5.74) is 1.29. The Morgan fingerprint density at radius 3 is 2.40 bits per heavy atom. The van der Waals surface area contributed by atoms with Crippen molar-refractivity contribution >= 4 is 11.8 Å². The normalized spacial score (nSPS) is 13.1. The lowest BCUT2D eigenvalue weighted by molar-refractivity contribution is 0.154. The van der Waals surface area contributed by atoms with Crippen molar-refractivity contribution in [2.75, 3.05) is 19.9 Å². The summed E-state index contributed by atoms with van der Waals surface area (Å²) in [7, 11) is 2.03. The zero-order valence-electron chi connectivity index (χ0n) is 9.60. The summed E-state index contributed by atoms with van der Waals surface area (Å²) in [6.07, 6.45) is 2.08. The summed E-state index contributed by atoms with van der Waals surface area (Å²) in [6, 6.07) is 8.78. The van der Waals surface area contributed by atoms with Gasteiger partial charge in [0.05, 0.1) is 6.61 Å². The van der Waals surface area contributed by atoms with Crippen molar-refractivity contribution in [3.8, 4) is 0 Å². The van der Waals surface area contributed by atoms with Gasteiger partial charge in [0.2, 0.25) is 0 Å². The van der Waals surface area contributed by atoms with Crippen LogP contribution in [-0.4, -0.2) is 36.0 Å². The molecule has 0 heterocycles. The van der Waals surface area contributed by atoms with E-state index in [0.29, 0.717) is 0 Å². The molecule has 1 N–H and O–H groups in total. The average molecular weight is 225 g/mol. The standard InChI is InChI=1S/C12H19NOS/c1-10(9-14)13(2)8-11-4-6-12(15-3)7-5-11/h4-7,10,14H,8-9H2,1-3H3. The smallest absolute Gasteiger partial charge is 0.0584 e. The van der Waals surface area contributed by atoms with Gasteiger partial charge in [-0.25, -0.2) is 0 Å². The number of aliphatic hydroxyl groups excluding tert-OH is 1. The summed E-state index contributed by atoms with van der Waals surface area (Å²) < 4.78 is 0. The Morgan fingerprint density at radius 2 is 1.93 bits per heavy atom. The van der Waals surface area contributed by atoms with Gasteiger partial charge < -0.3 is 5.11 Å². The van der Waals surface area contributed by atoms with Crippen molar-refractivity contribution in [1.82, 2.24) is 4.90 Å². The maximum Gasteiger partial charge on any atom is 0.0584 e. The highest BCUT2D eigenvalue weighted by molar-refractivity contribution is 7.98. The third-order valence-corrected chi connectivity index (χ3v) is 3.35. The second-order valence-electron chi connectivity index (χ2n) is 3.79. The zero-order valence-corrected chi connectivity index (χ0v) is 10.4. The zero-order chi connectivity index (χ0) is 11.3. The number of thioether (sulfide) groups is 1. The molecule has 0 amide bonds. The van der Waals surface area contributed by atoms with Crippen molar-refractivity contribution in [3.63, 3.8) is 0 Å². The molecule has 0 spiro atoms. The highest BCUT2D eigenvalue weighted by Gasteiger charge is 2.07. The molecular weight excluding hydrogens is 206 g/mol. The van der Waals surface area contributed by atoms with Crippen LogP contribution >= 0.6 is 11.8 Å². The summed E-state index contributed by atoms with van der Waals surface area (Å²) in [5, 5.41) is 9.02. The maximum absolute atomic E-state index is 9.02. The van der Waals surface area contributed by atoms with Crippen LogP contribution in [0.4, 0.5) is 0 Å². The van der Waals surface area contributed by atoms with Crippen LogP contribution in [0.15, 0.2) is 29.2 Å². The predicted molar refractivity (Wildman–Crippen MR) is 66.2 cm³/mol. The van der Waals surface area contributed by atoms with Gasteiger partial charge in [-0.1, -0.05) is 12.1 Å². The van der Waals surface area contributed by atoms with Crippen LogP contribution in [0.1, 0.15) is 12.5 Å². The molecule has 3 heteroatoms. The van der Waals surface area contributed by atoms with Crippen molar-refractivity contribution in [2.24, 2.45) is 0 Å². The topological polar surface area (TPSA) is 23.5 Å². The van der Waals surface area contributed by atoms with Crippen LogP contribution in [0.3, 0.4) is 0 Å². The molecule has 0 aliphatic rings. The van der Waals surface area contributed by atoms with Gasteiger partial charge in [0, 0.05) is 17.5 Å². The Kier molecular flexibility index (Phi) is 5.15. The van der Waals surface area contributed by atoms with Gasteiger partial charge in [-0.05, 0) is 37.9 Å². The molecule has 1 unspecified atom stereocenters. The number of nitrogens with zero attached hydrogens (tertiary/aromatic N) is 1. The largest absolute Gasteiger partial charge is 0.395 e. The molecule has 84 valence electrons. The van der Waals surface area contributed by atoms with Crippen LogP contribution < -0.4 is 0 Å². The molecule has 1 aromatic carbocycles. The summed E-state index contributed by atoms with van der Waals surface area (Å²) in [4.78, 5) is 3.44. The Labute approximate surface area is 96.3 Å². The first kappa shape index (κ1) is 12.6. The third-order valence-electron chi connectivity index (χ3n) is 2.61. The minimum absolute atomic E-state index is 0.208. The molecule has 0 radical (unpaired) electrons. The number of aliphatic hydroxyl groups is 1. The molecule has 2 nitrogen and oxygen atoms in total. The van der Waals surface area contributed by atoms with E-state index in [4.69, 9.17) is 5.11 Å².